The molecule has 0 saturated heterocycles. The van der Waals surface area contributed by atoms with Gasteiger partial charge in [-0.05, 0) is 42.7 Å². The Morgan fingerprint density at radius 2 is 1.73 bits per heavy atom. The maximum Gasteiger partial charge on any atom is 0.0412 e. The van der Waals surface area contributed by atoms with Gasteiger partial charge in [-0.2, -0.15) is 0 Å². The third kappa shape index (κ3) is 2.21. The summed E-state index contributed by atoms with van der Waals surface area (Å²) in [4.78, 5) is 0. The summed E-state index contributed by atoms with van der Waals surface area (Å²) in [6, 6.07) is 14.4. The Hall–Kier alpha value is -1.27. The lowest BCUT2D eigenvalue weighted by Gasteiger charge is -2.07. The van der Waals surface area contributed by atoms with Crippen molar-refractivity contribution >= 4 is 11.6 Å². The van der Waals surface area contributed by atoms with Gasteiger partial charge in [0.1, 0.15) is 0 Å². The molecule has 0 radical (unpaired) electrons. The molecule has 0 aliphatic rings. The molecule has 0 unspecified atom stereocenters. The lowest BCUT2D eigenvalue weighted by atomic mass is 9.99. The van der Waals surface area contributed by atoms with Crippen LogP contribution < -0.4 is 0 Å². The molecule has 0 aliphatic heterocycles. The molecule has 0 aliphatic carbocycles. The minimum Gasteiger partial charge on any atom is -0.0843 e. The zero-order valence-electron chi connectivity index (χ0n) is 8.92. The standard InChI is InChI=1S/C14H13Cl/c1-10-6-7-11(2)14(8-10)12-4-3-5-13(15)9-12/h3-9H,1-2H3. The second kappa shape index (κ2) is 4.08. The number of rotatable bonds is 1. The molecule has 2 aromatic rings. The van der Waals surface area contributed by atoms with E-state index < -0.39 is 0 Å². The molecule has 2 aromatic carbocycles. The van der Waals surface area contributed by atoms with E-state index >= 15 is 0 Å². The fourth-order valence-electron chi connectivity index (χ4n) is 1.70. The SMILES string of the molecule is Cc1ccc(C)c(-c2cccc(Cl)c2)c1. The van der Waals surface area contributed by atoms with Crippen LogP contribution in [0.1, 0.15) is 11.1 Å². The largest absolute Gasteiger partial charge is 0.0843 e. The smallest absolute Gasteiger partial charge is 0.0412 e. The second-order valence-electron chi connectivity index (χ2n) is 3.83. The molecule has 0 nitrogen and oxygen atoms in total. The molecule has 0 N–H and O–H groups in total. The van der Waals surface area contributed by atoms with Gasteiger partial charge in [0.2, 0.25) is 0 Å². The van der Waals surface area contributed by atoms with Gasteiger partial charge >= 0.3 is 0 Å². The summed E-state index contributed by atoms with van der Waals surface area (Å²) >= 11 is 5.99. The molecule has 2 rings (SSSR count). The Bertz CT molecular complexity index is 486. The van der Waals surface area contributed by atoms with Gasteiger partial charge < -0.3 is 0 Å². The topological polar surface area (TPSA) is 0 Å². The van der Waals surface area contributed by atoms with Crippen LogP contribution in [0.4, 0.5) is 0 Å². The van der Waals surface area contributed by atoms with E-state index in [-0.39, 0.29) is 0 Å². The van der Waals surface area contributed by atoms with Crippen molar-refractivity contribution < 1.29 is 0 Å². The first-order valence-electron chi connectivity index (χ1n) is 5.00. The summed E-state index contributed by atoms with van der Waals surface area (Å²) in [6.07, 6.45) is 0. The Kier molecular flexibility index (Phi) is 2.79. The summed E-state index contributed by atoms with van der Waals surface area (Å²) in [7, 11) is 0. The van der Waals surface area contributed by atoms with Crippen LogP contribution >= 0.6 is 11.6 Å². The number of benzene rings is 2. The first-order valence-corrected chi connectivity index (χ1v) is 5.38. The van der Waals surface area contributed by atoms with Crippen LogP contribution in [-0.2, 0) is 0 Å². The Morgan fingerprint density at radius 1 is 0.933 bits per heavy atom. The number of halogens is 1. The number of hydrogen-bond acceptors (Lipinski definition) is 0. The monoisotopic (exact) mass is 216 g/mol. The van der Waals surface area contributed by atoms with Crippen molar-refractivity contribution in [2.75, 3.05) is 0 Å². The predicted octanol–water partition coefficient (Wildman–Crippen LogP) is 4.62. The Balaban J connectivity index is 2.58. The Labute approximate surface area is 95.5 Å². The van der Waals surface area contributed by atoms with E-state index in [0.717, 1.165) is 5.02 Å². The molecule has 15 heavy (non-hydrogen) atoms. The van der Waals surface area contributed by atoms with E-state index in [1.54, 1.807) is 0 Å². The zero-order valence-corrected chi connectivity index (χ0v) is 9.68. The Morgan fingerprint density at radius 3 is 2.47 bits per heavy atom. The molecule has 1 heteroatoms. The first-order chi connectivity index (χ1) is 7.16. The van der Waals surface area contributed by atoms with Crippen LogP contribution in [0, 0.1) is 13.8 Å². The van der Waals surface area contributed by atoms with E-state index in [4.69, 9.17) is 11.6 Å². The van der Waals surface area contributed by atoms with Gasteiger partial charge in [0, 0.05) is 5.02 Å². The zero-order chi connectivity index (χ0) is 10.8. The minimum absolute atomic E-state index is 0.786. The molecule has 0 fully saturated rings. The minimum atomic E-state index is 0.786. The lowest BCUT2D eigenvalue weighted by molar-refractivity contribution is 1.39. The average molecular weight is 217 g/mol. The fraction of sp³-hybridized carbons (Fsp3) is 0.143. The van der Waals surface area contributed by atoms with Gasteiger partial charge in [0.05, 0.1) is 0 Å². The average Bonchev–Trinajstić information content (AvgIpc) is 2.22. The maximum absolute atomic E-state index is 5.99. The van der Waals surface area contributed by atoms with Crippen molar-refractivity contribution in [2.24, 2.45) is 0 Å². The molecule has 0 atom stereocenters. The molecule has 0 aromatic heterocycles. The highest BCUT2D eigenvalue weighted by Crippen LogP contribution is 2.26. The van der Waals surface area contributed by atoms with E-state index in [9.17, 15) is 0 Å². The van der Waals surface area contributed by atoms with Crippen LogP contribution in [-0.4, -0.2) is 0 Å². The molecular weight excluding hydrogens is 204 g/mol. The van der Waals surface area contributed by atoms with Crippen molar-refractivity contribution in [2.45, 2.75) is 13.8 Å². The van der Waals surface area contributed by atoms with Gasteiger partial charge in [-0.1, -0.05) is 47.5 Å². The van der Waals surface area contributed by atoms with E-state index in [2.05, 4.69) is 38.1 Å². The summed E-state index contributed by atoms with van der Waals surface area (Å²) in [5, 5.41) is 0.786. The third-order valence-corrected chi connectivity index (χ3v) is 2.76. The number of hydrogen-bond donors (Lipinski definition) is 0. The van der Waals surface area contributed by atoms with Gasteiger partial charge in [-0.15, -0.1) is 0 Å². The van der Waals surface area contributed by atoms with Crippen molar-refractivity contribution in [3.63, 3.8) is 0 Å². The van der Waals surface area contributed by atoms with Crippen molar-refractivity contribution in [1.29, 1.82) is 0 Å². The van der Waals surface area contributed by atoms with Gasteiger partial charge in [-0.3, -0.25) is 0 Å². The highest BCUT2D eigenvalue weighted by molar-refractivity contribution is 6.30. The summed E-state index contributed by atoms with van der Waals surface area (Å²) in [6.45, 7) is 4.23. The maximum atomic E-state index is 5.99. The van der Waals surface area contributed by atoms with Crippen molar-refractivity contribution in [1.82, 2.24) is 0 Å². The fourth-order valence-corrected chi connectivity index (χ4v) is 1.89. The molecule has 0 amide bonds. The molecule has 0 spiro atoms. The van der Waals surface area contributed by atoms with Gasteiger partial charge in [0.25, 0.3) is 0 Å². The summed E-state index contributed by atoms with van der Waals surface area (Å²) in [5.41, 5.74) is 5.00. The van der Waals surface area contributed by atoms with E-state index in [1.165, 1.54) is 22.3 Å². The third-order valence-electron chi connectivity index (χ3n) is 2.53. The summed E-state index contributed by atoms with van der Waals surface area (Å²) in [5.74, 6) is 0. The second-order valence-corrected chi connectivity index (χ2v) is 4.27. The van der Waals surface area contributed by atoms with Crippen LogP contribution in [0.15, 0.2) is 42.5 Å². The molecular formula is C14H13Cl. The van der Waals surface area contributed by atoms with Crippen LogP contribution in [0.5, 0.6) is 0 Å². The summed E-state index contributed by atoms with van der Waals surface area (Å²) < 4.78 is 0. The molecule has 0 saturated carbocycles. The van der Waals surface area contributed by atoms with Gasteiger partial charge in [0.15, 0.2) is 0 Å². The highest BCUT2D eigenvalue weighted by atomic mass is 35.5. The molecule has 0 heterocycles. The normalized spacial score (nSPS) is 10.3. The lowest BCUT2D eigenvalue weighted by Crippen LogP contribution is -1.84. The van der Waals surface area contributed by atoms with Crippen LogP contribution in [0.3, 0.4) is 0 Å². The predicted molar refractivity (Wildman–Crippen MR) is 66.4 cm³/mol. The van der Waals surface area contributed by atoms with Crippen molar-refractivity contribution in [3.05, 3.63) is 58.6 Å². The van der Waals surface area contributed by atoms with E-state index in [0.29, 0.717) is 0 Å². The first kappa shape index (κ1) is 10.3. The van der Waals surface area contributed by atoms with Gasteiger partial charge in [-0.25, -0.2) is 0 Å². The quantitative estimate of drug-likeness (QED) is 0.652. The van der Waals surface area contributed by atoms with Crippen LogP contribution in [0.25, 0.3) is 11.1 Å². The van der Waals surface area contributed by atoms with Crippen LogP contribution in [0.2, 0.25) is 5.02 Å². The van der Waals surface area contributed by atoms with Crippen molar-refractivity contribution in [3.8, 4) is 11.1 Å². The molecule has 76 valence electrons. The highest BCUT2D eigenvalue weighted by Gasteiger charge is 2.02. The van der Waals surface area contributed by atoms with E-state index in [1.807, 2.05) is 18.2 Å². The molecule has 0 bridgehead atoms. The number of aryl methyl sites for hydroxylation is 2.